The molecule has 0 saturated carbocycles. The lowest BCUT2D eigenvalue weighted by Gasteiger charge is -2.14. The van der Waals surface area contributed by atoms with E-state index in [1.807, 2.05) is 25.1 Å². The van der Waals surface area contributed by atoms with E-state index < -0.39 is 0 Å². The molecule has 104 valence electrons. The molecule has 0 heterocycles. The summed E-state index contributed by atoms with van der Waals surface area (Å²) in [5.74, 6) is 0.449. The lowest BCUT2D eigenvalue weighted by Crippen LogP contribution is -2.23. The van der Waals surface area contributed by atoms with Crippen LogP contribution >= 0.6 is 0 Å². The maximum atomic E-state index is 5.91. The predicted molar refractivity (Wildman–Crippen MR) is 89.1 cm³/mol. The molecule has 0 bridgehead atoms. The fourth-order valence-electron chi connectivity index (χ4n) is 2.25. The van der Waals surface area contributed by atoms with E-state index in [2.05, 4.69) is 42.0 Å². The van der Waals surface area contributed by atoms with Gasteiger partial charge in [-0.3, -0.25) is 4.99 Å². The van der Waals surface area contributed by atoms with E-state index >= 15 is 0 Å². The normalized spacial score (nSPS) is 11.6. The number of fused-ring (bicyclic) bond motifs is 1. The van der Waals surface area contributed by atoms with Gasteiger partial charge in [-0.05, 0) is 35.8 Å². The molecule has 0 fully saturated rings. The molecule has 0 spiro atoms. The van der Waals surface area contributed by atoms with E-state index in [-0.39, 0.29) is 0 Å². The largest absolute Gasteiger partial charge is 0.370 e. The van der Waals surface area contributed by atoms with Crippen molar-refractivity contribution < 1.29 is 0 Å². The van der Waals surface area contributed by atoms with Gasteiger partial charge in [0, 0.05) is 17.8 Å². The second-order valence-electron chi connectivity index (χ2n) is 4.88. The first-order chi connectivity index (χ1) is 9.63. The van der Waals surface area contributed by atoms with Crippen molar-refractivity contribution in [3.63, 3.8) is 0 Å². The maximum absolute atomic E-state index is 5.91. The number of allylic oxidation sites excluding steroid dienone is 1. The summed E-state index contributed by atoms with van der Waals surface area (Å²) >= 11 is 0. The van der Waals surface area contributed by atoms with Gasteiger partial charge in [0.2, 0.25) is 0 Å². The molecule has 0 amide bonds. The molecule has 0 aliphatic rings. The van der Waals surface area contributed by atoms with Gasteiger partial charge < -0.3 is 11.1 Å². The number of nitrogens with zero attached hydrogens (tertiary/aromatic N) is 1. The SMILES string of the molecule is C=C(C)c1c(NC(N)=NCCC)ccc2ccccc12. The molecule has 0 radical (unpaired) electrons. The van der Waals surface area contributed by atoms with E-state index in [1.54, 1.807) is 0 Å². The predicted octanol–water partition coefficient (Wildman–Crippen LogP) is 4.01. The standard InChI is InChI=1S/C17H21N3/c1-4-11-19-17(18)20-15-10-9-13-7-5-6-8-14(13)16(15)12(2)3/h5-10H,2,4,11H2,1,3H3,(H3,18,19,20). The Labute approximate surface area is 120 Å². The van der Waals surface area contributed by atoms with Gasteiger partial charge >= 0.3 is 0 Å². The summed E-state index contributed by atoms with van der Waals surface area (Å²) in [4.78, 5) is 4.27. The van der Waals surface area contributed by atoms with Crippen molar-refractivity contribution in [3.05, 3.63) is 48.5 Å². The van der Waals surface area contributed by atoms with E-state index in [0.29, 0.717) is 5.96 Å². The summed E-state index contributed by atoms with van der Waals surface area (Å²) in [6, 6.07) is 12.4. The Hall–Kier alpha value is -2.29. The first-order valence-electron chi connectivity index (χ1n) is 6.88. The summed E-state index contributed by atoms with van der Waals surface area (Å²) in [7, 11) is 0. The van der Waals surface area contributed by atoms with Crippen LogP contribution in [0.15, 0.2) is 48.0 Å². The first kappa shape index (κ1) is 14.1. The average Bonchev–Trinajstić information content (AvgIpc) is 2.44. The quantitative estimate of drug-likeness (QED) is 0.649. The van der Waals surface area contributed by atoms with Crippen LogP contribution in [0.3, 0.4) is 0 Å². The van der Waals surface area contributed by atoms with E-state index in [9.17, 15) is 0 Å². The van der Waals surface area contributed by atoms with Crippen molar-refractivity contribution in [1.29, 1.82) is 0 Å². The Morgan fingerprint density at radius 3 is 2.70 bits per heavy atom. The van der Waals surface area contributed by atoms with Crippen molar-refractivity contribution >= 4 is 28.0 Å². The lowest BCUT2D eigenvalue weighted by atomic mass is 9.98. The molecule has 2 aromatic carbocycles. The monoisotopic (exact) mass is 267 g/mol. The molecule has 3 N–H and O–H groups in total. The third-order valence-electron chi connectivity index (χ3n) is 3.12. The van der Waals surface area contributed by atoms with E-state index in [0.717, 1.165) is 29.8 Å². The summed E-state index contributed by atoms with van der Waals surface area (Å²) in [6.45, 7) is 8.90. The molecule has 3 heteroatoms. The van der Waals surface area contributed by atoms with Crippen LogP contribution in [0.4, 0.5) is 5.69 Å². The molecule has 0 aromatic heterocycles. The molecule has 20 heavy (non-hydrogen) atoms. The summed E-state index contributed by atoms with van der Waals surface area (Å²) in [5, 5.41) is 5.55. The van der Waals surface area contributed by atoms with Crippen LogP contribution in [0, 0.1) is 0 Å². The highest BCUT2D eigenvalue weighted by molar-refractivity contribution is 6.03. The highest BCUT2D eigenvalue weighted by Gasteiger charge is 2.08. The molecule has 2 aromatic rings. The van der Waals surface area contributed by atoms with Gasteiger partial charge in [-0.1, -0.05) is 43.8 Å². The summed E-state index contributed by atoms with van der Waals surface area (Å²) in [6.07, 6.45) is 0.980. The lowest BCUT2D eigenvalue weighted by molar-refractivity contribution is 0.929. The summed E-state index contributed by atoms with van der Waals surface area (Å²) in [5.41, 5.74) is 8.97. The van der Waals surface area contributed by atoms with Crippen molar-refractivity contribution in [2.75, 3.05) is 11.9 Å². The minimum Gasteiger partial charge on any atom is -0.370 e. The second-order valence-corrected chi connectivity index (χ2v) is 4.88. The van der Waals surface area contributed by atoms with Gasteiger partial charge in [0.15, 0.2) is 5.96 Å². The minimum absolute atomic E-state index is 0.449. The zero-order chi connectivity index (χ0) is 14.5. The van der Waals surface area contributed by atoms with Crippen molar-refractivity contribution in [2.45, 2.75) is 20.3 Å². The Bertz CT molecular complexity index is 656. The number of hydrogen-bond donors (Lipinski definition) is 2. The molecule has 0 aliphatic carbocycles. The van der Waals surface area contributed by atoms with Gasteiger partial charge in [0.1, 0.15) is 0 Å². The van der Waals surface area contributed by atoms with Crippen LogP contribution in [0.25, 0.3) is 16.3 Å². The minimum atomic E-state index is 0.449. The fourth-order valence-corrected chi connectivity index (χ4v) is 2.25. The highest BCUT2D eigenvalue weighted by Crippen LogP contribution is 2.31. The van der Waals surface area contributed by atoms with Crippen molar-refractivity contribution in [1.82, 2.24) is 0 Å². The van der Waals surface area contributed by atoms with Crippen molar-refractivity contribution in [3.8, 4) is 0 Å². The van der Waals surface area contributed by atoms with Crippen LogP contribution in [-0.2, 0) is 0 Å². The van der Waals surface area contributed by atoms with Gasteiger partial charge in [0.25, 0.3) is 0 Å². The number of anilines is 1. The Kier molecular flexibility index (Phi) is 4.41. The van der Waals surface area contributed by atoms with Gasteiger partial charge in [0.05, 0.1) is 0 Å². The Morgan fingerprint density at radius 1 is 1.25 bits per heavy atom. The van der Waals surface area contributed by atoms with Crippen LogP contribution < -0.4 is 11.1 Å². The van der Waals surface area contributed by atoms with E-state index in [1.165, 1.54) is 10.8 Å². The molecule has 2 rings (SSSR count). The number of aliphatic imine (C=N–C) groups is 1. The van der Waals surface area contributed by atoms with Crippen LogP contribution in [0.2, 0.25) is 0 Å². The number of nitrogens with one attached hydrogen (secondary N) is 1. The van der Waals surface area contributed by atoms with Crippen LogP contribution in [0.5, 0.6) is 0 Å². The molecule has 0 unspecified atom stereocenters. The number of guanidine groups is 1. The first-order valence-corrected chi connectivity index (χ1v) is 6.88. The molecule has 3 nitrogen and oxygen atoms in total. The zero-order valence-electron chi connectivity index (χ0n) is 12.1. The number of rotatable bonds is 4. The smallest absolute Gasteiger partial charge is 0.193 e. The van der Waals surface area contributed by atoms with E-state index in [4.69, 9.17) is 5.73 Å². The van der Waals surface area contributed by atoms with Crippen LogP contribution in [-0.4, -0.2) is 12.5 Å². The number of hydrogen-bond acceptors (Lipinski definition) is 1. The zero-order valence-corrected chi connectivity index (χ0v) is 12.1. The van der Waals surface area contributed by atoms with Gasteiger partial charge in [-0.25, -0.2) is 0 Å². The van der Waals surface area contributed by atoms with Crippen molar-refractivity contribution in [2.24, 2.45) is 10.7 Å². The van der Waals surface area contributed by atoms with Gasteiger partial charge in [-0.2, -0.15) is 0 Å². The average molecular weight is 267 g/mol. The molecular weight excluding hydrogens is 246 g/mol. The molecule has 0 saturated heterocycles. The summed E-state index contributed by atoms with van der Waals surface area (Å²) < 4.78 is 0. The second kappa shape index (κ2) is 6.24. The third-order valence-corrected chi connectivity index (χ3v) is 3.12. The molecule has 0 atom stereocenters. The highest BCUT2D eigenvalue weighted by atomic mass is 15.1. The Morgan fingerprint density at radius 2 is 2.00 bits per heavy atom. The fraction of sp³-hybridized carbons (Fsp3) is 0.235. The number of benzene rings is 2. The number of nitrogens with two attached hydrogens (primary N) is 1. The molecular formula is C17H21N3. The topological polar surface area (TPSA) is 50.4 Å². The van der Waals surface area contributed by atoms with Gasteiger partial charge in [-0.15, -0.1) is 0 Å². The maximum Gasteiger partial charge on any atom is 0.193 e. The van der Waals surface area contributed by atoms with Crippen LogP contribution in [0.1, 0.15) is 25.8 Å². The third kappa shape index (κ3) is 2.99. The molecule has 0 aliphatic heterocycles. The Balaban J connectivity index is 2.48.